The third-order valence-corrected chi connectivity index (χ3v) is 2.38. The van der Waals surface area contributed by atoms with E-state index in [1.54, 1.807) is 6.07 Å². The number of H-pyrrole nitrogens is 1. The molecule has 0 amide bonds. The van der Waals surface area contributed by atoms with E-state index in [0.717, 1.165) is 10.6 Å². The highest BCUT2D eigenvalue weighted by Crippen LogP contribution is 2.17. The molecule has 0 saturated heterocycles. The molecule has 0 fully saturated rings. The standard InChI is InChI=1S/C10H5F2N3O/c11-6-3-1-2-5-8(6)14-10(16)15-4-7(12)13-9(5)15/h1-4H,(H,14,16). The molecule has 3 aromatic rings. The van der Waals surface area contributed by atoms with Gasteiger partial charge < -0.3 is 4.98 Å². The number of halogens is 2. The molecule has 0 saturated carbocycles. The molecule has 0 unspecified atom stereocenters. The van der Waals surface area contributed by atoms with Crippen LogP contribution in [0.15, 0.2) is 29.2 Å². The van der Waals surface area contributed by atoms with Crippen LogP contribution in [-0.2, 0) is 0 Å². The number of nitrogens with zero attached hydrogens (tertiary/aromatic N) is 2. The smallest absolute Gasteiger partial charge is 0.304 e. The molecule has 6 heteroatoms. The molecule has 2 aromatic heterocycles. The van der Waals surface area contributed by atoms with E-state index in [-0.39, 0.29) is 11.2 Å². The monoisotopic (exact) mass is 221 g/mol. The highest BCUT2D eigenvalue weighted by molar-refractivity contribution is 5.91. The third-order valence-electron chi connectivity index (χ3n) is 2.38. The number of para-hydroxylation sites is 1. The summed E-state index contributed by atoms with van der Waals surface area (Å²) in [5.74, 6) is -1.34. The minimum absolute atomic E-state index is 0.0330. The number of fused-ring (bicyclic) bond motifs is 3. The normalized spacial score (nSPS) is 11.4. The SMILES string of the molecule is O=c1[nH]c2c(F)cccc2c2nc(F)cn12. The van der Waals surface area contributed by atoms with Crippen LogP contribution in [0.4, 0.5) is 8.78 Å². The predicted molar refractivity (Wildman–Crippen MR) is 53.2 cm³/mol. The molecule has 4 nitrogen and oxygen atoms in total. The van der Waals surface area contributed by atoms with Gasteiger partial charge in [0, 0.05) is 5.39 Å². The van der Waals surface area contributed by atoms with Crippen molar-refractivity contribution in [3.63, 3.8) is 0 Å². The Labute approximate surface area is 87.2 Å². The van der Waals surface area contributed by atoms with Crippen molar-refractivity contribution in [1.82, 2.24) is 14.4 Å². The average molecular weight is 221 g/mol. The lowest BCUT2D eigenvalue weighted by atomic mass is 10.2. The number of aromatic nitrogens is 3. The summed E-state index contributed by atoms with van der Waals surface area (Å²) in [5.41, 5.74) is -0.481. The third kappa shape index (κ3) is 1.06. The average Bonchev–Trinajstić information content (AvgIpc) is 2.63. The van der Waals surface area contributed by atoms with Gasteiger partial charge in [-0.05, 0) is 12.1 Å². The van der Waals surface area contributed by atoms with Crippen LogP contribution in [0, 0.1) is 11.8 Å². The van der Waals surface area contributed by atoms with Gasteiger partial charge in [0.2, 0.25) is 5.95 Å². The zero-order valence-corrected chi connectivity index (χ0v) is 7.87. The van der Waals surface area contributed by atoms with Crippen LogP contribution in [-0.4, -0.2) is 14.4 Å². The van der Waals surface area contributed by atoms with Gasteiger partial charge in [-0.1, -0.05) is 6.07 Å². The van der Waals surface area contributed by atoms with Gasteiger partial charge in [0.1, 0.15) is 5.82 Å². The van der Waals surface area contributed by atoms with Crippen molar-refractivity contribution in [2.45, 2.75) is 0 Å². The maximum atomic E-state index is 13.4. The molecular weight excluding hydrogens is 216 g/mol. The van der Waals surface area contributed by atoms with E-state index in [2.05, 4.69) is 9.97 Å². The second kappa shape index (κ2) is 2.88. The van der Waals surface area contributed by atoms with Gasteiger partial charge in [-0.3, -0.25) is 0 Å². The van der Waals surface area contributed by atoms with E-state index in [9.17, 15) is 13.6 Å². The van der Waals surface area contributed by atoms with Crippen molar-refractivity contribution in [3.8, 4) is 0 Å². The Morgan fingerprint density at radius 3 is 2.94 bits per heavy atom. The maximum absolute atomic E-state index is 13.4. The van der Waals surface area contributed by atoms with Gasteiger partial charge in [0.05, 0.1) is 11.7 Å². The summed E-state index contributed by atoms with van der Waals surface area (Å²) in [4.78, 5) is 17.4. The molecule has 0 spiro atoms. The molecular formula is C10H5F2N3O. The summed E-state index contributed by atoms with van der Waals surface area (Å²) >= 11 is 0. The minimum Gasteiger partial charge on any atom is -0.304 e. The lowest BCUT2D eigenvalue weighted by Crippen LogP contribution is -2.15. The molecule has 2 heterocycles. The Morgan fingerprint density at radius 2 is 2.12 bits per heavy atom. The van der Waals surface area contributed by atoms with Crippen LogP contribution < -0.4 is 5.69 Å². The zero-order chi connectivity index (χ0) is 11.3. The molecule has 16 heavy (non-hydrogen) atoms. The minimum atomic E-state index is -0.776. The van der Waals surface area contributed by atoms with Crippen LogP contribution in [0.3, 0.4) is 0 Å². The highest BCUT2D eigenvalue weighted by atomic mass is 19.1. The topological polar surface area (TPSA) is 50.2 Å². The molecule has 0 aliphatic rings. The summed E-state index contributed by atoms with van der Waals surface area (Å²) in [6.45, 7) is 0. The van der Waals surface area contributed by atoms with Crippen LogP contribution in [0.1, 0.15) is 0 Å². The Morgan fingerprint density at radius 1 is 1.31 bits per heavy atom. The van der Waals surface area contributed by atoms with Gasteiger partial charge in [-0.2, -0.15) is 9.37 Å². The first-order chi connectivity index (χ1) is 7.66. The van der Waals surface area contributed by atoms with Crippen molar-refractivity contribution in [2.24, 2.45) is 0 Å². The summed E-state index contributed by atoms with van der Waals surface area (Å²) in [7, 11) is 0. The van der Waals surface area contributed by atoms with Crippen LogP contribution in [0.5, 0.6) is 0 Å². The lowest BCUT2D eigenvalue weighted by Gasteiger charge is -2.00. The van der Waals surface area contributed by atoms with Crippen molar-refractivity contribution in [1.29, 1.82) is 0 Å². The molecule has 80 valence electrons. The van der Waals surface area contributed by atoms with E-state index < -0.39 is 17.5 Å². The Hall–Kier alpha value is -2.24. The van der Waals surface area contributed by atoms with Gasteiger partial charge in [-0.25, -0.2) is 13.6 Å². The van der Waals surface area contributed by atoms with Gasteiger partial charge in [-0.15, -0.1) is 0 Å². The molecule has 0 aliphatic heterocycles. The van der Waals surface area contributed by atoms with Gasteiger partial charge >= 0.3 is 5.69 Å². The highest BCUT2D eigenvalue weighted by Gasteiger charge is 2.10. The van der Waals surface area contributed by atoms with E-state index in [4.69, 9.17) is 0 Å². The molecule has 0 atom stereocenters. The lowest BCUT2D eigenvalue weighted by molar-refractivity contribution is 0.592. The second-order valence-electron chi connectivity index (χ2n) is 3.35. The van der Waals surface area contributed by atoms with Crippen molar-refractivity contribution < 1.29 is 8.78 Å². The first-order valence-electron chi connectivity index (χ1n) is 4.52. The number of aromatic amines is 1. The summed E-state index contributed by atoms with van der Waals surface area (Å²) in [6.07, 6.45) is 0.957. The maximum Gasteiger partial charge on any atom is 0.331 e. The number of imidazole rings is 1. The summed E-state index contributed by atoms with van der Waals surface area (Å²) in [6, 6.07) is 4.26. The molecule has 0 radical (unpaired) electrons. The number of hydrogen-bond acceptors (Lipinski definition) is 2. The van der Waals surface area contributed by atoms with Crippen LogP contribution in [0.2, 0.25) is 0 Å². The van der Waals surface area contributed by atoms with Gasteiger partial charge in [0.15, 0.2) is 5.65 Å². The van der Waals surface area contributed by atoms with E-state index in [1.807, 2.05) is 0 Å². The number of rotatable bonds is 0. The van der Waals surface area contributed by atoms with Crippen molar-refractivity contribution in [2.75, 3.05) is 0 Å². The zero-order valence-electron chi connectivity index (χ0n) is 7.87. The first-order valence-corrected chi connectivity index (χ1v) is 4.52. The Bertz CT molecular complexity index is 760. The van der Waals surface area contributed by atoms with E-state index >= 15 is 0 Å². The molecule has 0 bridgehead atoms. The Balaban J connectivity index is 2.69. The summed E-state index contributed by atoms with van der Waals surface area (Å²) < 4.78 is 27.4. The molecule has 1 aromatic carbocycles. The van der Waals surface area contributed by atoms with Crippen molar-refractivity contribution in [3.05, 3.63) is 46.6 Å². The number of hydrogen-bond donors (Lipinski definition) is 1. The largest absolute Gasteiger partial charge is 0.331 e. The predicted octanol–water partition coefficient (Wildman–Crippen LogP) is 1.45. The number of benzene rings is 1. The molecule has 0 aliphatic carbocycles. The number of nitrogens with one attached hydrogen (secondary N) is 1. The molecule has 1 N–H and O–H groups in total. The van der Waals surface area contributed by atoms with Gasteiger partial charge in [0.25, 0.3) is 0 Å². The molecule has 3 rings (SSSR count). The fraction of sp³-hybridized carbons (Fsp3) is 0. The quantitative estimate of drug-likeness (QED) is 0.624. The summed E-state index contributed by atoms with van der Waals surface area (Å²) in [5, 5.41) is 0.364. The Kier molecular flexibility index (Phi) is 1.62. The fourth-order valence-electron chi connectivity index (χ4n) is 1.70. The van der Waals surface area contributed by atoms with Crippen molar-refractivity contribution >= 4 is 16.6 Å². The van der Waals surface area contributed by atoms with Crippen LogP contribution in [0.25, 0.3) is 16.6 Å². The van der Waals surface area contributed by atoms with Crippen LogP contribution >= 0.6 is 0 Å². The van der Waals surface area contributed by atoms with E-state index in [0.29, 0.717) is 5.39 Å². The van der Waals surface area contributed by atoms with E-state index in [1.165, 1.54) is 12.1 Å². The second-order valence-corrected chi connectivity index (χ2v) is 3.35. The first kappa shape index (κ1) is 9.02. The fourth-order valence-corrected chi connectivity index (χ4v) is 1.70.